The molecule has 2 nitrogen and oxygen atoms in total. The van der Waals surface area contributed by atoms with Crippen molar-refractivity contribution in [2.24, 2.45) is 0 Å². The van der Waals surface area contributed by atoms with Crippen molar-refractivity contribution < 1.29 is 5.11 Å². The fraction of sp³-hybridized carbons (Fsp3) is 0.118. The quantitative estimate of drug-likeness (QED) is 0.733. The number of benzene rings is 2. The van der Waals surface area contributed by atoms with Crippen LogP contribution in [-0.2, 0) is 12.4 Å². The summed E-state index contributed by atoms with van der Waals surface area (Å²) in [6.07, 6.45) is 1.84. The van der Waals surface area contributed by atoms with Crippen molar-refractivity contribution in [2.45, 2.75) is 17.3 Å². The summed E-state index contributed by atoms with van der Waals surface area (Å²) in [4.78, 5) is 5.68. The first-order chi connectivity index (χ1) is 9.86. The Hall–Kier alpha value is -1.84. The molecule has 0 spiro atoms. The van der Waals surface area contributed by atoms with Gasteiger partial charge in [0.25, 0.3) is 0 Å². The average molecular weight is 281 g/mol. The van der Waals surface area contributed by atoms with Crippen LogP contribution < -0.4 is 0 Å². The highest BCUT2D eigenvalue weighted by molar-refractivity contribution is 7.98. The van der Waals surface area contributed by atoms with Gasteiger partial charge in [0.15, 0.2) is 0 Å². The van der Waals surface area contributed by atoms with Crippen molar-refractivity contribution in [1.29, 1.82) is 0 Å². The summed E-state index contributed by atoms with van der Waals surface area (Å²) in [5, 5.41) is 10.2. The minimum absolute atomic E-state index is 0.0954. The van der Waals surface area contributed by atoms with Gasteiger partial charge in [0.2, 0.25) is 0 Å². The normalized spacial score (nSPS) is 10.8. The van der Waals surface area contributed by atoms with Crippen LogP contribution in [0, 0.1) is 0 Å². The van der Waals surface area contributed by atoms with Gasteiger partial charge in [-0.3, -0.25) is 4.98 Å². The smallest absolute Gasteiger partial charge is 0.0742 e. The second-order valence-electron chi connectivity index (χ2n) is 4.58. The van der Waals surface area contributed by atoms with Crippen LogP contribution in [0.25, 0.3) is 10.9 Å². The largest absolute Gasteiger partial charge is 0.392 e. The van der Waals surface area contributed by atoms with Gasteiger partial charge < -0.3 is 5.11 Å². The molecule has 1 aromatic heterocycles. The summed E-state index contributed by atoms with van der Waals surface area (Å²) in [6.45, 7) is 0.0954. The van der Waals surface area contributed by atoms with Gasteiger partial charge in [0.1, 0.15) is 0 Å². The molecule has 0 atom stereocenters. The van der Waals surface area contributed by atoms with Gasteiger partial charge >= 0.3 is 0 Å². The molecule has 0 amide bonds. The van der Waals surface area contributed by atoms with Gasteiger partial charge in [-0.15, -0.1) is 11.8 Å². The number of aromatic nitrogens is 1. The summed E-state index contributed by atoms with van der Waals surface area (Å²) in [6, 6.07) is 18.4. The Morgan fingerprint density at radius 3 is 2.55 bits per heavy atom. The van der Waals surface area contributed by atoms with E-state index in [-0.39, 0.29) is 6.61 Å². The first-order valence-electron chi connectivity index (χ1n) is 6.52. The Labute approximate surface area is 122 Å². The maximum absolute atomic E-state index is 9.04. The predicted octanol–water partition coefficient (Wildman–Crippen LogP) is 4.02. The Kier molecular flexibility index (Phi) is 4.00. The summed E-state index contributed by atoms with van der Waals surface area (Å²) >= 11 is 1.79. The average Bonchev–Trinajstić information content (AvgIpc) is 2.53. The van der Waals surface area contributed by atoms with E-state index >= 15 is 0 Å². The fourth-order valence-corrected chi connectivity index (χ4v) is 3.02. The Balaban J connectivity index is 1.79. The van der Waals surface area contributed by atoms with Crippen LogP contribution in [0.1, 0.15) is 11.1 Å². The number of aliphatic hydroxyl groups excluding tert-OH is 1. The molecule has 0 fully saturated rings. The van der Waals surface area contributed by atoms with E-state index in [1.165, 1.54) is 15.8 Å². The number of fused-ring (bicyclic) bond motifs is 1. The van der Waals surface area contributed by atoms with Gasteiger partial charge in [-0.2, -0.15) is 0 Å². The Morgan fingerprint density at radius 2 is 1.75 bits per heavy atom. The molecule has 3 rings (SSSR count). The zero-order valence-electron chi connectivity index (χ0n) is 11.0. The van der Waals surface area contributed by atoms with Gasteiger partial charge in [-0.05, 0) is 29.3 Å². The predicted molar refractivity (Wildman–Crippen MR) is 83.7 cm³/mol. The number of pyridine rings is 1. The second-order valence-corrected chi connectivity index (χ2v) is 5.63. The summed E-state index contributed by atoms with van der Waals surface area (Å²) < 4.78 is 0. The zero-order chi connectivity index (χ0) is 13.8. The highest BCUT2D eigenvalue weighted by atomic mass is 32.2. The molecule has 100 valence electrons. The van der Waals surface area contributed by atoms with Crippen molar-refractivity contribution in [3.8, 4) is 0 Å². The number of para-hydroxylation sites is 1. The van der Waals surface area contributed by atoms with Crippen LogP contribution in [0.2, 0.25) is 0 Å². The number of hydrogen-bond donors (Lipinski definition) is 1. The standard InChI is InChI=1S/C17H15NOS/c19-11-13-6-8-16(9-7-13)20-12-15-4-1-3-14-5-2-10-18-17(14)15/h1-10,19H,11-12H2. The highest BCUT2D eigenvalue weighted by Gasteiger charge is 2.03. The van der Waals surface area contributed by atoms with Gasteiger partial charge in [0, 0.05) is 22.2 Å². The lowest BCUT2D eigenvalue weighted by atomic mass is 10.1. The van der Waals surface area contributed by atoms with Crippen LogP contribution in [0.5, 0.6) is 0 Å². The summed E-state index contributed by atoms with van der Waals surface area (Å²) in [5.74, 6) is 0.896. The van der Waals surface area contributed by atoms with Crippen molar-refractivity contribution in [3.05, 3.63) is 71.9 Å². The van der Waals surface area contributed by atoms with E-state index in [1.807, 2.05) is 24.4 Å². The molecule has 2 aromatic carbocycles. The van der Waals surface area contributed by atoms with Crippen LogP contribution in [-0.4, -0.2) is 10.1 Å². The second kappa shape index (κ2) is 6.07. The SMILES string of the molecule is OCc1ccc(SCc2cccc3cccnc23)cc1. The van der Waals surface area contributed by atoms with Crippen molar-refractivity contribution in [1.82, 2.24) is 4.98 Å². The summed E-state index contributed by atoms with van der Waals surface area (Å²) in [5.41, 5.74) is 3.27. The molecule has 0 aliphatic rings. The van der Waals surface area contributed by atoms with Gasteiger partial charge in [-0.1, -0.05) is 36.4 Å². The van der Waals surface area contributed by atoms with E-state index in [4.69, 9.17) is 5.11 Å². The van der Waals surface area contributed by atoms with Crippen LogP contribution >= 0.6 is 11.8 Å². The van der Waals surface area contributed by atoms with E-state index in [9.17, 15) is 0 Å². The molecule has 20 heavy (non-hydrogen) atoms. The Morgan fingerprint density at radius 1 is 0.950 bits per heavy atom. The highest BCUT2D eigenvalue weighted by Crippen LogP contribution is 2.26. The number of thioether (sulfide) groups is 1. The van der Waals surface area contributed by atoms with E-state index in [0.29, 0.717) is 0 Å². The molecule has 0 aliphatic heterocycles. The number of hydrogen-bond acceptors (Lipinski definition) is 3. The van der Waals surface area contributed by atoms with Crippen LogP contribution in [0.15, 0.2) is 65.7 Å². The minimum Gasteiger partial charge on any atom is -0.392 e. The first-order valence-corrected chi connectivity index (χ1v) is 7.50. The molecule has 0 saturated heterocycles. The topological polar surface area (TPSA) is 33.1 Å². The van der Waals surface area contributed by atoms with Gasteiger partial charge in [-0.25, -0.2) is 0 Å². The van der Waals surface area contributed by atoms with Crippen molar-refractivity contribution in [3.63, 3.8) is 0 Å². The maximum Gasteiger partial charge on any atom is 0.0742 e. The molecule has 0 radical (unpaired) electrons. The summed E-state index contributed by atoms with van der Waals surface area (Å²) in [7, 11) is 0. The first kappa shape index (κ1) is 13.2. The maximum atomic E-state index is 9.04. The third-order valence-electron chi connectivity index (χ3n) is 3.22. The molecule has 0 unspecified atom stereocenters. The van der Waals surface area contributed by atoms with E-state index in [2.05, 4.69) is 41.4 Å². The third-order valence-corrected chi connectivity index (χ3v) is 4.28. The molecule has 0 saturated carbocycles. The van der Waals surface area contributed by atoms with Gasteiger partial charge in [0.05, 0.1) is 12.1 Å². The zero-order valence-corrected chi connectivity index (χ0v) is 11.8. The number of nitrogens with zero attached hydrogens (tertiary/aromatic N) is 1. The van der Waals surface area contributed by atoms with Crippen molar-refractivity contribution >= 4 is 22.7 Å². The molecule has 0 aliphatic carbocycles. The molecule has 1 heterocycles. The fourth-order valence-electron chi connectivity index (χ4n) is 2.14. The molecule has 3 aromatic rings. The molecular formula is C17H15NOS. The van der Waals surface area contributed by atoms with E-state index < -0.39 is 0 Å². The Bertz CT molecular complexity index is 704. The number of aliphatic hydroxyl groups is 1. The number of rotatable bonds is 4. The lowest BCUT2D eigenvalue weighted by Crippen LogP contribution is -1.87. The lowest BCUT2D eigenvalue weighted by molar-refractivity contribution is 0.282. The minimum atomic E-state index is 0.0954. The van der Waals surface area contributed by atoms with E-state index in [1.54, 1.807) is 11.8 Å². The van der Waals surface area contributed by atoms with Crippen LogP contribution in [0.3, 0.4) is 0 Å². The molecule has 1 N–H and O–H groups in total. The lowest BCUT2D eigenvalue weighted by Gasteiger charge is -2.06. The monoisotopic (exact) mass is 281 g/mol. The van der Waals surface area contributed by atoms with Crippen LogP contribution in [0.4, 0.5) is 0 Å². The van der Waals surface area contributed by atoms with E-state index in [0.717, 1.165) is 16.8 Å². The molecular weight excluding hydrogens is 266 g/mol. The molecule has 0 bridgehead atoms. The molecule has 3 heteroatoms. The third kappa shape index (κ3) is 2.84. The van der Waals surface area contributed by atoms with Crippen molar-refractivity contribution in [2.75, 3.05) is 0 Å².